The van der Waals surface area contributed by atoms with Crippen LogP contribution in [0.4, 0.5) is 0 Å². The lowest BCUT2D eigenvalue weighted by Gasteiger charge is -1.92. The highest BCUT2D eigenvalue weighted by Crippen LogP contribution is 2.31. The van der Waals surface area contributed by atoms with Crippen molar-refractivity contribution in [3.05, 3.63) is 10.7 Å². The van der Waals surface area contributed by atoms with Gasteiger partial charge in [0.1, 0.15) is 5.02 Å². The highest BCUT2D eigenvalue weighted by molar-refractivity contribution is 7.08. The largest absolute Gasteiger partial charge is 0.485 e. The number of nitrogens with two attached hydrogens (primary N) is 1. The summed E-state index contributed by atoms with van der Waals surface area (Å²) in [5.74, 6) is 0. The smallest absolute Gasteiger partial charge is 0.212 e. The van der Waals surface area contributed by atoms with Gasteiger partial charge in [-0.1, -0.05) is 11.6 Å². The minimum Gasteiger partial charge on any atom is -0.485 e. The van der Waals surface area contributed by atoms with Gasteiger partial charge in [-0.05, 0) is 0 Å². The molecule has 2 N–H and O–H groups in total. The molecule has 0 saturated heterocycles. The van der Waals surface area contributed by atoms with Crippen LogP contribution in [-0.2, 0) is 6.54 Å². The lowest BCUT2D eigenvalue weighted by Crippen LogP contribution is -1.96. The van der Waals surface area contributed by atoms with Gasteiger partial charge in [-0.3, -0.25) is 0 Å². The predicted molar refractivity (Wildman–Crippen MR) is 41.6 cm³/mol. The number of aromatic nitrogens is 1. The molecule has 0 unspecified atom stereocenters. The van der Waals surface area contributed by atoms with Crippen molar-refractivity contribution < 1.29 is 4.74 Å². The van der Waals surface area contributed by atoms with Gasteiger partial charge in [0.15, 0.2) is 0 Å². The van der Waals surface area contributed by atoms with E-state index in [1.807, 2.05) is 0 Å². The van der Waals surface area contributed by atoms with Crippen molar-refractivity contribution in [3.63, 3.8) is 0 Å². The Morgan fingerprint density at radius 3 is 2.80 bits per heavy atom. The molecular weight excluding hydrogens is 172 g/mol. The number of rotatable bonds is 2. The molecule has 3 nitrogen and oxygen atoms in total. The van der Waals surface area contributed by atoms with Gasteiger partial charge in [0.2, 0.25) is 5.06 Å². The second-order valence-electron chi connectivity index (χ2n) is 1.64. The summed E-state index contributed by atoms with van der Waals surface area (Å²) < 4.78 is 8.86. The van der Waals surface area contributed by atoms with E-state index in [2.05, 4.69) is 4.37 Å². The normalized spacial score (nSPS) is 9.90. The molecule has 0 spiro atoms. The highest BCUT2D eigenvalue weighted by atomic mass is 35.5. The molecule has 1 heterocycles. The van der Waals surface area contributed by atoms with Crippen LogP contribution in [0.25, 0.3) is 0 Å². The highest BCUT2D eigenvalue weighted by Gasteiger charge is 2.09. The zero-order valence-electron chi connectivity index (χ0n) is 5.43. The van der Waals surface area contributed by atoms with Crippen LogP contribution in [0.3, 0.4) is 0 Å². The SMILES string of the molecule is COc1snc(CN)c1Cl. The molecule has 0 aliphatic heterocycles. The lowest BCUT2D eigenvalue weighted by molar-refractivity contribution is 0.427. The molecule has 0 amide bonds. The van der Waals surface area contributed by atoms with Crippen LogP contribution in [0.1, 0.15) is 5.69 Å². The van der Waals surface area contributed by atoms with Crippen molar-refractivity contribution in [1.29, 1.82) is 0 Å². The average Bonchev–Trinajstić information content (AvgIpc) is 2.30. The molecule has 1 rings (SSSR count). The summed E-state index contributed by atoms with van der Waals surface area (Å²) >= 11 is 6.98. The Bertz CT molecular complexity index is 204. The van der Waals surface area contributed by atoms with Gasteiger partial charge in [0.25, 0.3) is 0 Å². The third-order valence-electron chi connectivity index (χ3n) is 1.05. The number of hydrogen-bond donors (Lipinski definition) is 1. The van der Waals surface area contributed by atoms with E-state index in [0.717, 1.165) is 0 Å². The summed E-state index contributed by atoms with van der Waals surface area (Å²) in [5, 5.41) is 1.16. The topological polar surface area (TPSA) is 48.1 Å². The van der Waals surface area contributed by atoms with Gasteiger partial charge >= 0.3 is 0 Å². The third-order valence-corrected chi connectivity index (χ3v) is 2.40. The Hall–Kier alpha value is -0.320. The van der Waals surface area contributed by atoms with E-state index in [0.29, 0.717) is 22.3 Å². The molecule has 0 aromatic carbocycles. The molecule has 0 atom stereocenters. The van der Waals surface area contributed by atoms with Gasteiger partial charge in [-0.2, -0.15) is 4.37 Å². The molecule has 10 heavy (non-hydrogen) atoms. The second-order valence-corrected chi connectivity index (χ2v) is 2.75. The summed E-state index contributed by atoms with van der Waals surface area (Å²) in [6, 6.07) is 0. The Morgan fingerprint density at radius 1 is 1.80 bits per heavy atom. The average molecular weight is 179 g/mol. The molecule has 1 aromatic rings. The van der Waals surface area contributed by atoms with Gasteiger partial charge in [0.05, 0.1) is 12.8 Å². The van der Waals surface area contributed by atoms with Crippen LogP contribution >= 0.6 is 23.1 Å². The molecule has 0 aliphatic rings. The van der Waals surface area contributed by atoms with E-state index in [1.54, 1.807) is 7.11 Å². The summed E-state index contributed by atoms with van der Waals surface area (Å²) in [6.45, 7) is 0.360. The Labute approximate surface area is 67.9 Å². The van der Waals surface area contributed by atoms with Crippen molar-refractivity contribution >= 4 is 23.1 Å². The molecule has 1 aromatic heterocycles. The maximum Gasteiger partial charge on any atom is 0.212 e. The first-order valence-electron chi connectivity index (χ1n) is 2.67. The predicted octanol–water partition coefficient (Wildman–Crippen LogP) is 1.26. The van der Waals surface area contributed by atoms with Gasteiger partial charge in [0, 0.05) is 18.1 Å². The number of methoxy groups -OCH3 is 1. The summed E-state index contributed by atoms with van der Waals surface area (Å²) in [4.78, 5) is 0. The fourth-order valence-corrected chi connectivity index (χ4v) is 1.53. The van der Waals surface area contributed by atoms with E-state index >= 15 is 0 Å². The van der Waals surface area contributed by atoms with Gasteiger partial charge < -0.3 is 10.5 Å². The standard InChI is InChI=1S/C5H7ClN2OS/c1-9-5-4(6)3(2-7)8-10-5/h2,7H2,1H3. The first-order valence-corrected chi connectivity index (χ1v) is 3.82. The fraction of sp³-hybridized carbons (Fsp3) is 0.400. The zero-order chi connectivity index (χ0) is 7.56. The molecule has 0 radical (unpaired) electrons. The van der Waals surface area contributed by atoms with Crippen molar-refractivity contribution in [1.82, 2.24) is 4.37 Å². The lowest BCUT2D eigenvalue weighted by atomic mass is 10.4. The van der Waals surface area contributed by atoms with Crippen LogP contribution in [0, 0.1) is 0 Å². The quantitative estimate of drug-likeness (QED) is 0.742. The van der Waals surface area contributed by atoms with Crippen molar-refractivity contribution in [3.8, 4) is 5.06 Å². The molecule has 0 fully saturated rings. The second kappa shape index (κ2) is 3.18. The Kier molecular flexibility index (Phi) is 2.48. The first-order chi connectivity index (χ1) is 4.79. The first kappa shape index (κ1) is 7.78. The van der Waals surface area contributed by atoms with Crippen LogP contribution in [0.15, 0.2) is 0 Å². The van der Waals surface area contributed by atoms with Crippen LogP contribution in [0.2, 0.25) is 5.02 Å². The molecule has 0 saturated carbocycles. The van der Waals surface area contributed by atoms with Crippen molar-refractivity contribution in [2.75, 3.05) is 7.11 Å². The molecule has 0 bridgehead atoms. The number of ether oxygens (including phenoxy) is 1. The van der Waals surface area contributed by atoms with Crippen LogP contribution in [-0.4, -0.2) is 11.5 Å². The minimum atomic E-state index is 0.360. The Balaban J connectivity index is 2.97. The minimum absolute atomic E-state index is 0.360. The maximum atomic E-state index is 5.77. The Morgan fingerprint density at radius 2 is 2.50 bits per heavy atom. The number of nitrogens with zero attached hydrogens (tertiary/aromatic N) is 1. The molecular formula is C5H7ClN2OS. The molecule has 5 heteroatoms. The van der Waals surface area contributed by atoms with E-state index in [9.17, 15) is 0 Å². The maximum absolute atomic E-state index is 5.77. The van der Waals surface area contributed by atoms with Gasteiger partial charge in [-0.15, -0.1) is 0 Å². The van der Waals surface area contributed by atoms with E-state index in [-0.39, 0.29) is 0 Å². The zero-order valence-corrected chi connectivity index (χ0v) is 7.00. The van der Waals surface area contributed by atoms with E-state index in [4.69, 9.17) is 22.1 Å². The third kappa shape index (κ3) is 1.23. The van der Waals surface area contributed by atoms with Gasteiger partial charge in [-0.25, -0.2) is 0 Å². The monoisotopic (exact) mass is 178 g/mol. The summed E-state index contributed by atoms with van der Waals surface area (Å²) in [6.07, 6.45) is 0. The van der Waals surface area contributed by atoms with Crippen molar-refractivity contribution in [2.24, 2.45) is 5.73 Å². The van der Waals surface area contributed by atoms with Crippen molar-refractivity contribution in [2.45, 2.75) is 6.54 Å². The van der Waals surface area contributed by atoms with E-state index < -0.39 is 0 Å². The fourth-order valence-electron chi connectivity index (χ4n) is 0.548. The van der Waals surface area contributed by atoms with E-state index in [1.165, 1.54) is 11.5 Å². The summed E-state index contributed by atoms with van der Waals surface area (Å²) in [5.41, 5.74) is 6.02. The number of halogens is 1. The molecule has 0 aliphatic carbocycles. The molecule has 56 valence electrons. The number of hydrogen-bond acceptors (Lipinski definition) is 4. The summed E-state index contributed by atoms with van der Waals surface area (Å²) in [7, 11) is 1.56. The van der Waals surface area contributed by atoms with Crippen LogP contribution in [0.5, 0.6) is 5.06 Å². The van der Waals surface area contributed by atoms with Crippen LogP contribution < -0.4 is 10.5 Å².